The Morgan fingerprint density at radius 2 is 1.80 bits per heavy atom. The Morgan fingerprint density at radius 1 is 1.20 bits per heavy atom. The van der Waals surface area contributed by atoms with E-state index in [1.54, 1.807) is 0 Å². The first-order valence-electron chi connectivity index (χ1n) is 5.72. The van der Waals surface area contributed by atoms with Crippen molar-refractivity contribution in [2.75, 3.05) is 52.5 Å². The Labute approximate surface area is 91.4 Å². The molecule has 0 radical (unpaired) electrons. The zero-order valence-electron chi connectivity index (χ0n) is 9.41. The summed E-state index contributed by atoms with van der Waals surface area (Å²) < 4.78 is 5.15. The molecule has 0 N–H and O–H groups in total. The molecule has 4 nitrogen and oxygen atoms in total. The molecule has 0 aromatic heterocycles. The first-order chi connectivity index (χ1) is 7.28. The third-order valence-electron chi connectivity index (χ3n) is 3.43. The van der Waals surface area contributed by atoms with Gasteiger partial charge in [-0.2, -0.15) is 5.26 Å². The van der Waals surface area contributed by atoms with E-state index in [4.69, 9.17) is 10.00 Å². The number of piperazine rings is 1. The van der Waals surface area contributed by atoms with E-state index >= 15 is 0 Å². The topological polar surface area (TPSA) is 39.5 Å². The van der Waals surface area contributed by atoms with E-state index < -0.39 is 0 Å². The molecular formula is C11H19N3O. The van der Waals surface area contributed by atoms with E-state index in [2.05, 4.69) is 22.8 Å². The second-order valence-corrected chi connectivity index (χ2v) is 4.60. The highest BCUT2D eigenvalue weighted by Crippen LogP contribution is 2.27. The summed E-state index contributed by atoms with van der Waals surface area (Å²) >= 11 is 0. The fraction of sp³-hybridized carbons (Fsp3) is 0.909. The summed E-state index contributed by atoms with van der Waals surface area (Å²) in [7, 11) is 0. The lowest BCUT2D eigenvalue weighted by Crippen LogP contribution is -2.54. The maximum atomic E-state index is 9.10. The van der Waals surface area contributed by atoms with Crippen molar-refractivity contribution in [1.29, 1.82) is 5.26 Å². The quantitative estimate of drug-likeness (QED) is 0.664. The number of hydrogen-bond donors (Lipinski definition) is 0. The van der Waals surface area contributed by atoms with Gasteiger partial charge < -0.3 is 9.64 Å². The monoisotopic (exact) mass is 209 g/mol. The lowest BCUT2D eigenvalue weighted by atomic mass is 9.87. The van der Waals surface area contributed by atoms with Crippen molar-refractivity contribution in [3.8, 4) is 6.07 Å². The number of hydrogen-bond acceptors (Lipinski definition) is 4. The fourth-order valence-corrected chi connectivity index (χ4v) is 2.23. The Kier molecular flexibility index (Phi) is 3.25. The summed E-state index contributed by atoms with van der Waals surface area (Å²) in [5.74, 6) is 0. The average molecular weight is 209 g/mol. The molecule has 2 aliphatic rings. The zero-order valence-corrected chi connectivity index (χ0v) is 9.41. The minimum absolute atomic E-state index is 0.200. The SMILES string of the molecule is CCN1CCN(CC2(C#N)COC2)CC1. The van der Waals surface area contributed by atoms with Crippen LogP contribution in [0.4, 0.5) is 0 Å². The van der Waals surface area contributed by atoms with Gasteiger partial charge in [-0.25, -0.2) is 0 Å². The van der Waals surface area contributed by atoms with Gasteiger partial charge in [-0.3, -0.25) is 4.90 Å². The molecule has 15 heavy (non-hydrogen) atoms. The van der Waals surface area contributed by atoms with E-state index in [-0.39, 0.29) is 5.41 Å². The van der Waals surface area contributed by atoms with E-state index in [0.29, 0.717) is 13.2 Å². The molecule has 2 fully saturated rings. The first kappa shape index (κ1) is 10.9. The Hall–Kier alpha value is -0.630. The molecule has 0 spiro atoms. The van der Waals surface area contributed by atoms with Crippen LogP contribution in [0, 0.1) is 16.7 Å². The van der Waals surface area contributed by atoms with Crippen molar-refractivity contribution in [3.63, 3.8) is 0 Å². The highest BCUT2D eigenvalue weighted by Gasteiger charge is 2.40. The summed E-state index contributed by atoms with van der Waals surface area (Å²) in [6.07, 6.45) is 0. The minimum atomic E-state index is -0.200. The van der Waals surface area contributed by atoms with Crippen LogP contribution < -0.4 is 0 Å². The fourth-order valence-electron chi connectivity index (χ4n) is 2.23. The van der Waals surface area contributed by atoms with Gasteiger partial charge in [-0.05, 0) is 6.54 Å². The number of likely N-dealkylation sites (N-methyl/N-ethyl adjacent to an activating group) is 1. The predicted octanol–water partition coefficient (Wildman–Crippen LogP) is 0.164. The predicted molar refractivity (Wildman–Crippen MR) is 57.4 cm³/mol. The van der Waals surface area contributed by atoms with Gasteiger partial charge in [-0.1, -0.05) is 6.92 Å². The molecule has 2 aliphatic heterocycles. The van der Waals surface area contributed by atoms with Gasteiger partial charge in [0.15, 0.2) is 0 Å². The number of nitriles is 1. The van der Waals surface area contributed by atoms with E-state index in [1.165, 1.54) is 0 Å². The molecular weight excluding hydrogens is 190 g/mol. The molecule has 0 unspecified atom stereocenters. The van der Waals surface area contributed by atoms with Crippen LogP contribution in [0.1, 0.15) is 6.92 Å². The molecule has 0 aromatic carbocycles. The van der Waals surface area contributed by atoms with Crippen molar-refractivity contribution in [2.45, 2.75) is 6.92 Å². The van der Waals surface area contributed by atoms with Crippen LogP contribution in [0.5, 0.6) is 0 Å². The second-order valence-electron chi connectivity index (χ2n) is 4.60. The number of nitrogens with zero attached hydrogens (tertiary/aromatic N) is 3. The van der Waals surface area contributed by atoms with E-state index in [1.807, 2.05) is 0 Å². The van der Waals surface area contributed by atoms with Gasteiger partial charge in [0.1, 0.15) is 5.41 Å². The largest absolute Gasteiger partial charge is 0.378 e. The number of rotatable bonds is 3. The Bertz CT molecular complexity index is 249. The van der Waals surface area contributed by atoms with Gasteiger partial charge in [0.05, 0.1) is 19.3 Å². The molecule has 84 valence electrons. The average Bonchev–Trinajstić information content (AvgIpc) is 2.24. The molecule has 0 saturated carbocycles. The summed E-state index contributed by atoms with van der Waals surface area (Å²) in [6, 6.07) is 2.41. The molecule has 2 saturated heterocycles. The molecule has 0 atom stereocenters. The highest BCUT2D eigenvalue weighted by atomic mass is 16.5. The molecule has 2 rings (SSSR count). The van der Waals surface area contributed by atoms with Gasteiger partial charge in [-0.15, -0.1) is 0 Å². The summed E-state index contributed by atoms with van der Waals surface area (Å²) in [5, 5.41) is 9.10. The summed E-state index contributed by atoms with van der Waals surface area (Å²) in [6.45, 7) is 9.94. The lowest BCUT2D eigenvalue weighted by Gasteiger charge is -2.42. The van der Waals surface area contributed by atoms with Crippen LogP contribution in [0.15, 0.2) is 0 Å². The Morgan fingerprint density at radius 3 is 2.20 bits per heavy atom. The van der Waals surface area contributed by atoms with Crippen LogP contribution >= 0.6 is 0 Å². The van der Waals surface area contributed by atoms with Crippen molar-refractivity contribution >= 4 is 0 Å². The molecule has 4 heteroatoms. The van der Waals surface area contributed by atoms with Crippen LogP contribution in [0.25, 0.3) is 0 Å². The number of ether oxygens (including phenoxy) is 1. The summed E-state index contributed by atoms with van der Waals surface area (Å²) in [5.41, 5.74) is -0.200. The van der Waals surface area contributed by atoms with Crippen LogP contribution in [0.2, 0.25) is 0 Å². The summed E-state index contributed by atoms with van der Waals surface area (Å²) in [4.78, 5) is 4.85. The van der Waals surface area contributed by atoms with Crippen LogP contribution in [0.3, 0.4) is 0 Å². The van der Waals surface area contributed by atoms with Crippen molar-refractivity contribution in [2.24, 2.45) is 5.41 Å². The van der Waals surface area contributed by atoms with Gasteiger partial charge in [0.25, 0.3) is 0 Å². The van der Waals surface area contributed by atoms with Crippen molar-refractivity contribution < 1.29 is 4.74 Å². The van der Waals surface area contributed by atoms with Gasteiger partial charge in [0, 0.05) is 32.7 Å². The molecule has 2 heterocycles. The van der Waals surface area contributed by atoms with Gasteiger partial charge >= 0.3 is 0 Å². The lowest BCUT2D eigenvalue weighted by molar-refractivity contribution is -0.0946. The third kappa shape index (κ3) is 2.31. The third-order valence-corrected chi connectivity index (χ3v) is 3.43. The molecule has 0 aliphatic carbocycles. The minimum Gasteiger partial charge on any atom is -0.378 e. The van der Waals surface area contributed by atoms with E-state index in [0.717, 1.165) is 39.3 Å². The van der Waals surface area contributed by atoms with Crippen LogP contribution in [-0.4, -0.2) is 62.3 Å². The van der Waals surface area contributed by atoms with Gasteiger partial charge in [0.2, 0.25) is 0 Å². The van der Waals surface area contributed by atoms with Crippen molar-refractivity contribution in [3.05, 3.63) is 0 Å². The Balaban J connectivity index is 1.79. The molecule has 0 amide bonds. The zero-order chi connectivity index (χ0) is 10.7. The van der Waals surface area contributed by atoms with E-state index in [9.17, 15) is 0 Å². The van der Waals surface area contributed by atoms with Crippen LogP contribution in [-0.2, 0) is 4.74 Å². The maximum absolute atomic E-state index is 9.10. The normalized spacial score (nSPS) is 26.9. The molecule has 0 aromatic rings. The molecule has 0 bridgehead atoms. The maximum Gasteiger partial charge on any atom is 0.116 e. The van der Waals surface area contributed by atoms with Crippen molar-refractivity contribution in [1.82, 2.24) is 9.80 Å². The first-order valence-corrected chi connectivity index (χ1v) is 5.72. The standard InChI is InChI=1S/C11H19N3O/c1-2-13-3-5-14(6-4-13)8-11(7-12)9-15-10-11/h2-6,8-10H2,1H3. The second kappa shape index (κ2) is 4.48. The smallest absolute Gasteiger partial charge is 0.116 e. The highest BCUT2D eigenvalue weighted by molar-refractivity contribution is 5.05.